The van der Waals surface area contributed by atoms with Crippen molar-refractivity contribution in [2.75, 3.05) is 31.1 Å². The molecule has 3 rings (SSSR count). The SMILES string of the molecule is CCOC(=O)c1sc(N2CCN(CC3CCCC3)C2=O)nc1C. The van der Waals surface area contributed by atoms with Gasteiger partial charge in [0.2, 0.25) is 0 Å². The third kappa shape index (κ3) is 3.34. The van der Waals surface area contributed by atoms with Crippen LogP contribution in [0.1, 0.15) is 48.0 Å². The number of carbonyl (C=O) groups is 2. The van der Waals surface area contributed by atoms with Gasteiger partial charge in [-0.2, -0.15) is 0 Å². The molecule has 0 bridgehead atoms. The zero-order valence-electron chi connectivity index (χ0n) is 13.7. The molecule has 1 aliphatic carbocycles. The normalized spacial score (nSPS) is 19.0. The van der Waals surface area contributed by atoms with E-state index in [1.165, 1.54) is 37.0 Å². The Bertz CT molecular complexity index is 595. The van der Waals surface area contributed by atoms with Gasteiger partial charge in [0.25, 0.3) is 0 Å². The number of nitrogens with zero attached hydrogens (tertiary/aromatic N) is 3. The number of ether oxygens (including phenoxy) is 1. The Labute approximate surface area is 140 Å². The van der Waals surface area contributed by atoms with Gasteiger partial charge in [-0.3, -0.25) is 4.90 Å². The molecular weight excluding hydrogens is 314 g/mol. The summed E-state index contributed by atoms with van der Waals surface area (Å²) in [5.41, 5.74) is 0.630. The fourth-order valence-corrected chi connectivity index (χ4v) is 4.30. The number of thiazole rings is 1. The summed E-state index contributed by atoms with van der Waals surface area (Å²) in [4.78, 5) is 33.0. The number of rotatable bonds is 5. The monoisotopic (exact) mass is 337 g/mol. The number of hydrogen-bond donors (Lipinski definition) is 0. The highest BCUT2D eigenvalue weighted by molar-refractivity contribution is 7.17. The summed E-state index contributed by atoms with van der Waals surface area (Å²) < 4.78 is 5.04. The van der Waals surface area contributed by atoms with Crippen LogP contribution in [0.15, 0.2) is 0 Å². The van der Waals surface area contributed by atoms with Gasteiger partial charge in [-0.25, -0.2) is 14.6 Å². The Morgan fingerprint density at radius 3 is 2.78 bits per heavy atom. The maximum Gasteiger partial charge on any atom is 0.350 e. The van der Waals surface area contributed by atoms with E-state index in [1.807, 2.05) is 4.90 Å². The number of esters is 1. The van der Waals surface area contributed by atoms with Crippen LogP contribution in [0.3, 0.4) is 0 Å². The molecule has 7 heteroatoms. The van der Waals surface area contributed by atoms with Gasteiger partial charge in [-0.05, 0) is 32.6 Å². The molecule has 23 heavy (non-hydrogen) atoms. The highest BCUT2D eigenvalue weighted by Crippen LogP contribution is 2.31. The molecule has 1 aromatic rings. The van der Waals surface area contributed by atoms with Crippen molar-refractivity contribution in [1.29, 1.82) is 0 Å². The van der Waals surface area contributed by atoms with Gasteiger partial charge in [-0.15, -0.1) is 0 Å². The van der Waals surface area contributed by atoms with Crippen LogP contribution in [-0.2, 0) is 4.74 Å². The van der Waals surface area contributed by atoms with Crippen LogP contribution >= 0.6 is 11.3 Å². The van der Waals surface area contributed by atoms with Crippen LogP contribution in [0.2, 0.25) is 0 Å². The number of aromatic nitrogens is 1. The predicted molar refractivity (Wildman–Crippen MR) is 89.1 cm³/mol. The van der Waals surface area contributed by atoms with E-state index in [0.717, 1.165) is 13.1 Å². The van der Waals surface area contributed by atoms with Crippen molar-refractivity contribution >= 4 is 28.5 Å². The predicted octanol–water partition coefficient (Wildman–Crippen LogP) is 3.06. The van der Waals surface area contributed by atoms with Crippen molar-refractivity contribution in [3.63, 3.8) is 0 Å². The standard InChI is InChI=1S/C16H23N3O3S/c1-3-22-14(20)13-11(2)17-15(23-13)19-9-8-18(16(19)21)10-12-6-4-5-7-12/h12H,3-10H2,1-2H3. The minimum absolute atomic E-state index is 0.0149. The van der Waals surface area contributed by atoms with E-state index in [9.17, 15) is 9.59 Å². The highest BCUT2D eigenvalue weighted by Gasteiger charge is 2.34. The van der Waals surface area contributed by atoms with Gasteiger partial charge < -0.3 is 9.64 Å². The zero-order valence-corrected chi connectivity index (χ0v) is 14.5. The molecule has 2 heterocycles. The van der Waals surface area contributed by atoms with E-state index in [1.54, 1.807) is 18.7 Å². The van der Waals surface area contributed by atoms with Gasteiger partial charge >= 0.3 is 12.0 Å². The Morgan fingerprint density at radius 2 is 2.09 bits per heavy atom. The molecule has 2 aliphatic rings. The Kier molecular flexibility index (Phi) is 4.84. The van der Waals surface area contributed by atoms with Crippen LogP contribution in [0.5, 0.6) is 0 Å². The molecule has 6 nitrogen and oxygen atoms in total. The maximum absolute atomic E-state index is 12.6. The molecule has 0 radical (unpaired) electrons. The first-order valence-corrected chi connectivity index (χ1v) is 9.12. The molecule has 1 aliphatic heterocycles. The lowest BCUT2D eigenvalue weighted by Gasteiger charge is -2.20. The van der Waals surface area contributed by atoms with Gasteiger partial charge in [0, 0.05) is 19.6 Å². The van der Waals surface area contributed by atoms with Crippen molar-refractivity contribution in [2.24, 2.45) is 5.92 Å². The van der Waals surface area contributed by atoms with Crippen molar-refractivity contribution < 1.29 is 14.3 Å². The first-order chi connectivity index (χ1) is 11.1. The second-order valence-corrected chi connectivity index (χ2v) is 7.14. The number of carbonyl (C=O) groups excluding carboxylic acids is 2. The molecule has 2 fully saturated rings. The van der Waals surface area contributed by atoms with E-state index in [4.69, 9.17) is 4.74 Å². The number of hydrogen-bond acceptors (Lipinski definition) is 5. The van der Waals surface area contributed by atoms with E-state index < -0.39 is 0 Å². The molecule has 0 aromatic carbocycles. The fourth-order valence-electron chi connectivity index (χ4n) is 3.32. The number of anilines is 1. The quantitative estimate of drug-likeness (QED) is 0.775. The van der Waals surface area contributed by atoms with Crippen molar-refractivity contribution in [3.8, 4) is 0 Å². The summed E-state index contributed by atoms with van der Waals surface area (Å²) >= 11 is 1.25. The molecule has 0 unspecified atom stereocenters. The first-order valence-electron chi connectivity index (χ1n) is 8.31. The fraction of sp³-hybridized carbons (Fsp3) is 0.688. The summed E-state index contributed by atoms with van der Waals surface area (Å²) in [6, 6.07) is 0.0149. The average molecular weight is 337 g/mol. The van der Waals surface area contributed by atoms with Gasteiger partial charge in [0.1, 0.15) is 4.88 Å². The lowest BCUT2D eigenvalue weighted by atomic mass is 10.1. The molecule has 126 valence electrons. The third-order valence-electron chi connectivity index (χ3n) is 4.53. The molecule has 2 amide bonds. The van der Waals surface area contributed by atoms with E-state index in [0.29, 0.717) is 34.8 Å². The average Bonchev–Trinajstić information content (AvgIpc) is 3.22. The summed E-state index contributed by atoms with van der Waals surface area (Å²) in [5, 5.41) is 0.601. The Hall–Kier alpha value is -1.63. The molecular formula is C16H23N3O3S. The van der Waals surface area contributed by atoms with Gasteiger partial charge in [-0.1, -0.05) is 24.2 Å². The van der Waals surface area contributed by atoms with Crippen LogP contribution in [0.25, 0.3) is 0 Å². The molecule has 1 saturated heterocycles. The van der Waals surface area contributed by atoms with Crippen molar-refractivity contribution in [3.05, 3.63) is 10.6 Å². The highest BCUT2D eigenvalue weighted by atomic mass is 32.1. The van der Waals surface area contributed by atoms with Crippen LogP contribution in [0.4, 0.5) is 9.93 Å². The summed E-state index contributed by atoms with van der Waals surface area (Å²) in [7, 11) is 0. The largest absolute Gasteiger partial charge is 0.462 e. The molecule has 1 aromatic heterocycles. The lowest BCUT2D eigenvalue weighted by Crippen LogP contribution is -2.34. The molecule has 1 saturated carbocycles. The topological polar surface area (TPSA) is 62.7 Å². The minimum atomic E-state index is -0.358. The van der Waals surface area contributed by atoms with Gasteiger partial charge in [0.15, 0.2) is 5.13 Å². The van der Waals surface area contributed by atoms with E-state index in [2.05, 4.69) is 4.98 Å². The Balaban J connectivity index is 1.69. The number of amides is 2. The summed E-state index contributed by atoms with van der Waals surface area (Å²) in [5.74, 6) is 0.287. The lowest BCUT2D eigenvalue weighted by molar-refractivity contribution is 0.0531. The third-order valence-corrected chi connectivity index (χ3v) is 5.69. The second kappa shape index (κ2) is 6.86. The van der Waals surface area contributed by atoms with Crippen LogP contribution in [-0.4, -0.2) is 48.1 Å². The second-order valence-electron chi connectivity index (χ2n) is 6.16. The minimum Gasteiger partial charge on any atom is -0.462 e. The number of aryl methyl sites for hydroxylation is 1. The maximum atomic E-state index is 12.6. The smallest absolute Gasteiger partial charge is 0.350 e. The summed E-state index contributed by atoms with van der Waals surface area (Å²) in [6.07, 6.45) is 5.02. The molecule has 0 N–H and O–H groups in total. The Morgan fingerprint density at radius 1 is 1.35 bits per heavy atom. The van der Waals surface area contributed by atoms with Gasteiger partial charge in [0.05, 0.1) is 12.3 Å². The summed E-state index contributed by atoms with van der Waals surface area (Å²) in [6.45, 7) is 6.13. The first kappa shape index (κ1) is 16.2. The number of urea groups is 1. The van der Waals surface area contributed by atoms with Crippen molar-refractivity contribution in [1.82, 2.24) is 9.88 Å². The van der Waals surface area contributed by atoms with Crippen LogP contribution in [0, 0.1) is 12.8 Å². The van der Waals surface area contributed by atoms with Crippen LogP contribution < -0.4 is 4.90 Å². The van der Waals surface area contributed by atoms with Crippen molar-refractivity contribution in [2.45, 2.75) is 39.5 Å². The molecule has 0 spiro atoms. The molecule has 0 atom stereocenters. The van der Waals surface area contributed by atoms with E-state index >= 15 is 0 Å². The zero-order chi connectivity index (χ0) is 16.4. The van der Waals surface area contributed by atoms with E-state index in [-0.39, 0.29) is 12.0 Å².